The summed E-state index contributed by atoms with van der Waals surface area (Å²) >= 11 is 1.54. The van der Waals surface area contributed by atoms with E-state index in [1.54, 1.807) is 4.90 Å². The largest absolute Gasteiger partial charge is 0.324 e. The van der Waals surface area contributed by atoms with Crippen molar-refractivity contribution in [3.8, 4) is 0 Å². The molecule has 1 N–H and O–H groups in total. The zero-order valence-corrected chi connectivity index (χ0v) is 10.9. The van der Waals surface area contributed by atoms with E-state index in [4.69, 9.17) is 0 Å². The summed E-state index contributed by atoms with van der Waals surface area (Å²) in [6.45, 7) is 6.12. The topological polar surface area (TPSA) is 62.3 Å². The highest BCUT2D eigenvalue weighted by Gasteiger charge is 2.33. The maximum Gasteiger partial charge on any atom is 0.324 e. The van der Waals surface area contributed by atoms with Gasteiger partial charge in [-0.15, -0.1) is 11.3 Å². The third kappa shape index (κ3) is 2.31. The highest BCUT2D eigenvalue weighted by Crippen LogP contribution is 2.26. The molecule has 5 nitrogen and oxygen atoms in total. The number of hydrogen-bond donors (Lipinski definition) is 1. The van der Waals surface area contributed by atoms with Gasteiger partial charge < -0.3 is 4.90 Å². The van der Waals surface area contributed by atoms with Gasteiger partial charge in [0.15, 0.2) is 0 Å². The molecule has 0 aromatic carbocycles. The van der Waals surface area contributed by atoms with Crippen LogP contribution in [-0.4, -0.2) is 28.4 Å². The Morgan fingerprint density at radius 2 is 2.29 bits per heavy atom. The number of carbonyl (C=O) groups excluding carboxylic acids is 2. The smallest absolute Gasteiger partial charge is 0.314 e. The van der Waals surface area contributed by atoms with Gasteiger partial charge in [0.1, 0.15) is 5.01 Å². The Kier molecular flexibility index (Phi) is 3.15. The van der Waals surface area contributed by atoms with E-state index >= 15 is 0 Å². The van der Waals surface area contributed by atoms with E-state index in [0.717, 1.165) is 10.7 Å². The quantitative estimate of drug-likeness (QED) is 0.872. The molecule has 2 heterocycles. The Balaban J connectivity index is 2.16. The minimum atomic E-state index is -0.326. The molecule has 6 heteroatoms. The van der Waals surface area contributed by atoms with Crippen LogP contribution in [0.15, 0.2) is 5.38 Å². The molecule has 3 amide bonds. The first-order valence-corrected chi connectivity index (χ1v) is 6.40. The van der Waals surface area contributed by atoms with E-state index in [0.29, 0.717) is 6.54 Å². The zero-order chi connectivity index (χ0) is 12.6. The number of nitrogens with zero attached hydrogens (tertiary/aromatic N) is 2. The number of urea groups is 1. The Morgan fingerprint density at radius 3 is 2.88 bits per heavy atom. The lowest BCUT2D eigenvalue weighted by atomic mass is 10.1. The van der Waals surface area contributed by atoms with Gasteiger partial charge in [0, 0.05) is 17.6 Å². The Bertz CT molecular complexity index is 457. The van der Waals surface area contributed by atoms with Gasteiger partial charge in [-0.05, 0) is 13.8 Å². The monoisotopic (exact) mass is 253 g/mol. The molecular weight excluding hydrogens is 238 g/mol. The molecule has 0 radical (unpaired) electrons. The number of thiazole rings is 1. The van der Waals surface area contributed by atoms with Gasteiger partial charge in [0.25, 0.3) is 0 Å². The van der Waals surface area contributed by atoms with Crippen LogP contribution >= 0.6 is 11.3 Å². The lowest BCUT2D eigenvalue weighted by Crippen LogP contribution is -2.54. The number of aromatic nitrogens is 1. The van der Waals surface area contributed by atoms with Crippen molar-refractivity contribution in [2.75, 3.05) is 6.54 Å². The Morgan fingerprint density at radius 1 is 1.59 bits per heavy atom. The maximum atomic E-state index is 11.7. The summed E-state index contributed by atoms with van der Waals surface area (Å²) in [6, 6.07) is -0.419. The van der Waals surface area contributed by atoms with Gasteiger partial charge in [-0.2, -0.15) is 0 Å². The summed E-state index contributed by atoms with van der Waals surface area (Å²) < 4.78 is 0. The Hall–Kier alpha value is -1.43. The van der Waals surface area contributed by atoms with Crippen molar-refractivity contribution < 1.29 is 9.59 Å². The van der Waals surface area contributed by atoms with Crippen LogP contribution in [0.2, 0.25) is 0 Å². The van der Waals surface area contributed by atoms with Gasteiger partial charge in [-0.1, -0.05) is 6.92 Å². The summed E-state index contributed by atoms with van der Waals surface area (Å²) in [7, 11) is 0. The number of amides is 3. The molecule has 1 aromatic heterocycles. The van der Waals surface area contributed by atoms with Gasteiger partial charge >= 0.3 is 6.03 Å². The van der Waals surface area contributed by atoms with Crippen molar-refractivity contribution in [2.45, 2.75) is 26.8 Å². The summed E-state index contributed by atoms with van der Waals surface area (Å²) in [5, 5.41) is 5.22. The lowest BCUT2D eigenvalue weighted by molar-refractivity contribution is -0.125. The van der Waals surface area contributed by atoms with Crippen LogP contribution in [0.4, 0.5) is 4.79 Å². The number of rotatable bonds is 2. The first-order valence-electron chi connectivity index (χ1n) is 5.52. The van der Waals surface area contributed by atoms with Crippen LogP contribution in [0.1, 0.15) is 30.6 Å². The van der Waals surface area contributed by atoms with Gasteiger partial charge in [-0.25, -0.2) is 9.78 Å². The number of imide groups is 1. The van der Waals surface area contributed by atoms with Crippen molar-refractivity contribution >= 4 is 23.3 Å². The van der Waals surface area contributed by atoms with Crippen molar-refractivity contribution in [1.29, 1.82) is 0 Å². The molecule has 1 aliphatic heterocycles. The van der Waals surface area contributed by atoms with Crippen LogP contribution in [0.5, 0.6) is 0 Å². The van der Waals surface area contributed by atoms with Crippen LogP contribution in [0.3, 0.4) is 0 Å². The number of nitrogens with one attached hydrogen (secondary N) is 1. The average molecular weight is 253 g/mol. The molecule has 0 saturated carbocycles. The van der Waals surface area contributed by atoms with Crippen LogP contribution in [0, 0.1) is 12.8 Å². The van der Waals surface area contributed by atoms with Crippen LogP contribution in [-0.2, 0) is 4.79 Å². The molecule has 0 spiro atoms. The summed E-state index contributed by atoms with van der Waals surface area (Å²) in [6.07, 6.45) is 0. The highest BCUT2D eigenvalue weighted by atomic mass is 32.1. The first kappa shape index (κ1) is 12.0. The fourth-order valence-electron chi connectivity index (χ4n) is 1.79. The second-order valence-electron chi connectivity index (χ2n) is 4.35. The average Bonchev–Trinajstić information content (AvgIpc) is 2.69. The maximum absolute atomic E-state index is 11.7. The summed E-state index contributed by atoms with van der Waals surface area (Å²) in [5.74, 6) is -0.370. The summed E-state index contributed by atoms with van der Waals surface area (Å²) in [4.78, 5) is 29.1. The predicted octanol–water partition coefficient (Wildman–Crippen LogP) is 1.70. The van der Waals surface area contributed by atoms with Crippen LogP contribution in [0.25, 0.3) is 0 Å². The first-order chi connectivity index (χ1) is 7.99. The van der Waals surface area contributed by atoms with Crippen molar-refractivity contribution in [3.05, 3.63) is 16.1 Å². The molecule has 0 bridgehead atoms. The third-order valence-electron chi connectivity index (χ3n) is 2.87. The fraction of sp³-hybridized carbons (Fsp3) is 0.545. The molecule has 2 unspecified atom stereocenters. The SMILES string of the molecule is Cc1csc(C(C)N2CC(C)C(=O)NC2=O)n1. The van der Waals surface area contributed by atoms with Gasteiger partial charge in [0.2, 0.25) is 5.91 Å². The van der Waals surface area contributed by atoms with Crippen molar-refractivity contribution in [1.82, 2.24) is 15.2 Å². The molecule has 0 aliphatic carbocycles. The van der Waals surface area contributed by atoms with E-state index in [2.05, 4.69) is 10.3 Å². The van der Waals surface area contributed by atoms with Gasteiger partial charge in [0.05, 0.1) is 12.0 Å². The van der Waals surface area contributed by atoms with Crippen LogP contribution < -0.4 is 5.32 Å². The highest BCUT2D eigenvalue weighted by molar-refractivity contribution is 7.09. The molecular formula is C11H15N3O2S. The van der Waals surface area contributed by atoms with E-state index in [1.165, 1.54) is 11.3 Å². The summed E-state index contributed by atoms with van der Waals surface area (Å²) in [5.41, 5.74) is 0.957. The number of carbonyl (C=O) groups is 2. The molecule has 1 fully saturated rings. The predicted molar refractivity (Wildman–Crippen MR) is 64.7 cm³/mol. The third-order valence-corrected chi connectivity index (χ3v) is 4.00. The number of hydrogen-bond acceptors (Lipinski definition) is 4. The minimum absolute atomic E-state index is 0.0933. The van der Waals surface area contributed by atoms with E-state index < -0.39 is 0 Å². The number of aryl methyl sites for hydroxylation is 1. The van der Waals surface area contributed by atoms with E-state index in [9.17, 15) is 9.59 Å². The minimum Gasteiger partial charge on any atom is -0.314 e. The molecule has 92 valence electrons. The normalized spacial score (nSPS) is 22.5. The zero-order valence-electron chi connectivity index (χ0n) is 10.1. The molecule has 2 atom stereocenters. The van der Waals surface area contributed by atoms with Crippen molar-refractivity contribution in [2.24, 2.45) is 5.92 Å². The van der Waals surface area contributed by atoms with E-state index in [-0.39, 0.29) is 23.9 Å². The Labute approximate surface area is 104 Å². The lowest BCUT2D eigenvalue weighted by Gasteiger charge is -2.34. The molecule has 1 aliphatic rings. The molecule has 2 rings (SSSR count). The molecule has 1 saturated heterocycles. The molecule has 17 heavy (non-hydrogen) atoms. The second kappa shape index (κ2) is 4.44. The van der Waals surface area contributed by atoms with E-state index in [1.807, 2.05) is 26.2 Å². The molecule has 1 aromatic rings. The fourth-order valence-corrected chi connectivity index (χ4v) is 2.66. The standard InChI is InChI=1S/C11H15N3O2S/c1-6-4-14(11(16)13-9(6)15)8(3)10-12-7(2)5-17-10/h5-6,8H,4H2,1-3H3,(H,13,15,16). The van der Waals surface area contributed by atoms with Gasteiger partial charge in [-0.3, -0.25) is 10.1 Å². The van der Waals surface area contributed by atoms with Crippen molar-refractivity contribution in [3.63, 3.8) is 0 Å². The second-order valence-corrected chi connectivity index (χ2v) is 5.24.